The van der Waals surface area contributed by atoms with Crippen LogP contribution in [0, 0.1) is 0 Å². The second-order valence-corrected chi connectivity index (χ2v) is 5.90. The van der Waals surface area contributed by atoms with E-state index in [9.17, 15) is 9.00 Å². The number of nitrogens with one attached hydrogen (secondary N) is 1. The van der Waals surface area contributed by atoms with Crippen molar-refractivity contribution >= 4 is 32.4 Å². The average molecular weight is 322 g/mol. The van der Waals surface area contributed by atoms with Crippen LogP contribution in [0.2, 0.25) is 0 Å². The zero-order chi connectivity index (χ0) is 12.8. The molecule has 0 amide bonds. The molecule has 5 nitrogen and oxygen atoms in total. The molecular formula is C10H16BrN3O2S. The van der Waals surface area contributed by atoms with Crippen molar-refractivity contribution in [1.82, 2.24) is 9.78 Å². The van der Waals surface area contributed by atoms with Gasteiger partial charge in [0.25, 0.3) is 5.56 Å². The molecule has 0 spiro atoms. The summed E-state index contributed by atoms with van der Waals surface area (Å²) in [5, 5.41) is 7.13. The van der Waals surface area contributed by atoms with Crippen LogP contribution in [-0.2, 0) is 17.3 Å². The SMILES string of the molecule is CCn1ncc(NCCCS(C)=O)c(Br)c1=O. The smallest absolute Gasteiger partial charge is 0.283 e. The van der Waals surface area contributed by atoms with E-state index in [1.54, 1.807) is 12.5 Å². The Balaban J connectivity index is 2.63. The summed E-state index contributed by atoms with van der Waals surface area (Å²) in [4.78, 5) is 11.7. The van der Waals surface area contributed by atoms with E-state index in [2.05, 4.69) is 26.3 Å². The molecule has 0 fully saturated rings. The van der Waals surface area contributed by atoms with Crippen molar-refractivity contribution in [2.24, 2.45) is 0 Å². The van der Waals surface area contributed by atoms with Gasteiger partial charge in [-0.1, -0.05) is 0 Å². The maximum Gasteiger partial charge on any atom is 0.283 e. The fourth-order valence-corrected chi connectivity index (χ4v) is 2.31. The van der Waals surface area contributed by atoms with E-state index in [1.165, 1.54) is 4.68 Å². The number of aryl methyl sites for hydroxylation is 1. The first-order valence-electron chi connectivity index (χ1n) is 5.35. The molecule has 1 heterocycles. The minimum absolute atomic E-state index is 0.142. The number of anilines is 1. The van der Waals surface area contributed by atoms with Crippen LogP contribution < -0.4 is 10.9 Å². The van der Waals surface area contributed by atoms with E-state index in [-0.39, 0.29) is 5.56 Å². The Labute approximate surface area is 111 Å². The number of hydrogen-bond acceptors (Lipinski definition) is 4. The van der Waals surface area contributed by atoms with Crippen molar-refractivity contribution in [2.45, 2.75) is 19.9 Å². The first-order chi connectivity index (χ1) is 8.06. The molecule has 7 heteroatoms. The largest absolute Gasteiger partial charge is 0.383 e. The summed E-state index contributed by atoms with van der Waals surface area (Å²) in [5.74, 6) is 0.657. The van der Waals surface area contributed by atoms with Crippen LogP contribution in [0.1, 0.15) is 13.3 Å². The normalized spacial score (nSPS) is 12.4. The molecule has 96 valence electrons. The number of nitrogens with zero attached hydrogens (tertiary/aromatic N) is 2. The molecular weight excluding hydrogens is 306 g/mol. The van der Waals surface area contributed by atoms with Gasteiger partial charge in [0.1, 0.15) is 4.47 Å². The summed E-state index contributed by atoms with van der Waals surface area (Å²) in [6.45, 7) is 3.09. The molecule has 0 aliphatic heterocycles. The number of halogens is 1. The number of hydrogen-bond donors (Lipinski definition) is 1. The van der Waals surface area contributed by atoms with Crippen molar-refractivity contribution in [3.05, 3.63) is 21.0 Å². The highest BCUT2D eigenvalue weighted by Crippen LogP contribution is 2.15. The second-order valence-electron chi connectivity index (χ2n) is 3.55. The van der Waals surface area contributed by atoms with Crippen molar-refractivity contribution in [1.29, 1.82) is 0 Å². The number of aromatic nitrogens is 2. The van der Waals surface area contributed by atoms with E-state index >= 15 is 0 Å². The zero-order valence-corrected chi connectivity index (χ0v) is 12.3. The molecule has 1 unspecified atom stereocenters. The molecule has 0 aliphatic rings. The van der Waals surface area contributed by atoms with Crippen LogP contribution in [0.5, 0.6) is 0 Å². The Morgan fingerprint density at radius 3 is 2.88 bits per heavy atom. The summed E-state index contributed by atoms with van der Waals surface area (Å²) in [7, 11) is -0.771. The van der Waals surface area contributed by atoms with Crippen molar-refractivity contribution in [3.8, 4) is 0 Å². The van der Waals surface area contributed by atoms with Gasteiger partial charge >= 0.3 is 0 Å². The summed E-state index contributed by atoms with van der Waals surface area (Å²) < 4.78 is 12.7. The molecule has 0 aromatic carbocycles. The standard InChI is InChI=1S/C10H16BrN3O2S/c1-3-14-10(15)9(11)8(7-13-14)12-5-4-6-17(2)16/h7,12H,3-6H2,1-2H3. The van der Waals surface area contributed by atoms with Gasteiger partial charge in [0.15, 0.2) is 0 Å². The molecule has 0 saturated carbocycles. The summed E-state index contributed by atoms with van der Waals surface area (Å²) in [6.07, 6.45) is 4.10. The lowest BCUT2D eigenvalue weighted by atomic mass is 10.4. The highest BCUT2D eigenvalue weighted by molar-refractivity contribution is 9.10. The molecule has 1 atom stereocenters. The van der Waals surface area contributed by atoms with Gasteiger partial charge in [0, 0.05) is 35.9 Å². The molecule has 1 aromatic heterocycles. The van der Waals surface area contributed by atoms with Crippen LogP contribution >= 0.6 is 15.9 Å². The van der Waals surface area contributed by atoms with Gasteiger partial charge in [-0.25, -0.2) is 4.68 Å². The first-order valence-corrected chi connectivity index (χ1v) is 7.87. The van der Waals surface area contributed by atoms with Gasteiger partial charge in [-0.05, 0) is 29.3 Å². The van der Waals surface area contributed by atoms with Gasteiger partial charge in [0.05, 0.1) is 11.9 Å². The Bertz CT molecular complexity index is 461. The fourth-order valence-electron chi connectivity index (χ4n) is 1.31. The van der Waals surface area contributed by atoms with Crippen LogP contribution in [0.15, 0.2) is 15.5 Å². The first kappa shape index (κ1) is 14.4. The molecule has 0 bridgehead atoms. The van der Waals surface area contributed by atoms with Gasteiger partial charge in [-0.2, -0.15) is 5.10 Å². The van der Waals surface area contributed by atoms with Crippen molar-refractivity contribution in [2.75, 3.05) is 23.9 Å². The molecule has 0 radical (unpaired) electrons. The topological polar surface area (TPSA) is 64.0 Å². The van der Waals surface area contributed by atoms with E-state index in [0.717, 1.165) is 6.42 Å². The molecule has 0 aliphatic carbocycles. The molecule has 17 heavy (non-hydrogen) atoms. The Kier molecular flexibility index (Phi) is 5.84. The van der Waals surface area contributed by atoms with Crippen LogP contribution in [0.4, 0.5) is 5.69 Å². The summed E-state index contributed by atoms with van der Waals surface area (Å²) in [5.41, 5.74) is 0.540. The quantitative estimate of drug-likeness (QED) is 0.800. The minimum Gasteiger partial charge on any atom is -0.383 e. The lowest BCUT2D eigenvalue weighted by Gasteiger charge is -2.08. The van der Waals surface area contributed by atoms with E-state index in [4.69, 9.17) is 0 Å². The average Bonchev–Trinajstić information content (AvgIpc) is 2.29. The monoisotopic (exact) mass is 321 g/mol. The predicted octanol–water partition coefficient (Wildman–Crippen LogP) is 1.21. The fraction of sp³-hybridized carbons (Fsp3) is 0.600. The van der Waals surface area contributed by atoms with E-state index in [1.807, 2.05) is 6.92 Å². The third-order valence-electron chi connectivity index (χ3n) is 2.21. The van der Waals surface area contributed by atoms with Crippen molar-refractivity contribution in [3.63, 3.8) is 0 Å². The van der Waals surface area contributed by atoms with Gasteiger partial charge in [0.2, 0.25) is 0 Å². The van der Waals surface area contributed by atoms with E-state index in [0.29, 0.717) is 29.0 Å². The van der Waals surface area contributed by atoms with Gasteiger partial charge in [-0.15, -0.1) is 0 Å². The Morgan fingerprint density at radius 2 is 2.29 bits per heavy atom. The van der Waals surface area contributed by atoms with Crippen LogP contribution in [0.3, 0.4) is 0 Å². The summed E-state index contributed by atoms with van der Waals surface area (Å²) >= 11 is 3.26. The Hall–Kier alpha value is -0.690. The number of rotatable bonds is 6. The third-order valence-corrected chi connectivity index (χ3v) is 3.84. The highest BCUT2D eigenvalue weighted by Gasteiger charge is 2.06. The maximum atomic E-state index is 11.7. The minimum atomic E-state index is -0.771. The predicted molar refractivity (Wildman–Crippen MR) is 73.9 cm³/mol. The van der Waals surface area contributed by atoms with Crippen molar-refractivity contribution < 1.29 is 4.21 Å². The second kappa shape index (κ2) is 6.90. The summed E-state index contributed by atoms with van der Waals surface area (Å²) in [6, 6.07) is 0. The van der Waals surface area contributed by atoms with E-state index < -0.39 is 10.8 Å². The van der Waals surface area contributed by atoms with Gasteiger partial charge in [-0.3, -0.25) is 9.00 Å². The van der Waals surface area contributed by atoms with Crippen LogP contribution in [0.25, 0.3) is 0 Å². The zero-order valence-electron chi connectivity index (χ0n) is 9.90. The molecule has 1 N–H and O–H groups in total. The molecule has 1 rings (SSSR count). The lowest BCUT2D eigenvalue weighted by Crippen LogP contribution is -2.23. The van der Waals surface area contributed by atoms with Gasteiger partial charge < -0.3 is 5.32 Å². The van der Waals surface area contributed by atoms with Crippen LogP contribution in [-0.4, -0.2) is 32.5 Å². The highest BCUT2D eigenvalue weighted by atomic mass is 79.9. The molecule has 1 aromatic rings. The molecule has 0 saturated heterocycles. The lowest BCUT2D eigenvalue weighted by molar-refractivity contribution is 0.613. The Morgan fingerprint density at radius 1 is 1.59 bits per heavy atom. The third kappa shape index (κ3) is 4.23. The maximum absolute atomic E-state index is 11.7.